The standard InChI is InChI=1S/C17H36N2O2/c1-4-18-12-7-5-6-8-13-19-17(20)10-9-14-21-15-11-16(2)3/h16,18H,4-15H2,1-3H3,(H,19,20). The maximum Gasteiger partial charge on any atom is 0.220 e. The molecule has 1 amide bonds. The average molecular weight is 300 g/mol. The molecule has 126 valence electrons. The summed E-state index contributed by atoms with van der Waals surface area (Å²) in [6, 6.07) is 0. The Morgan fingerprint density at radius 1 is 1.00 bits per heavy atom. The zero-order valence-electron chi connectivity index (χ0n) is 14.4. The molecular formula is C17H36N2O2. The van der Waals surface area contributed by atoms with Crippen LogP contribution in [0.1, 0.15) is 65.7 Å². The summed E-state index contributed by atoms with van der Waals surface area (Å²) in [4.78, 5) is 11.6. The Labute approximate surface area is 131 Å². The van der Waals surface area contributed by atoms with E-state index in [1.165, 1.54) is 19.3 Å². The molecule has 0 spiro atoms. The lowest BCUT2D eigenvalue weighted by atomic mass is 10.1. The monoisotopic (exact) mass is 300 g/mol. The molecule has 0 heterocycles. The lowest BCUT2D eigenvalue weighted by molar-refractivity contribution is -0.121. The summed E-state index contributed by atoms with van der Waals surface area (Å²) in [5, 5.41) is 6.30. The Balaban J connectivity index is 3.16. The molecule has 0 saturated heterocycles. The Bertz CT molecular complexity index is 233. The second kappa shape index (κ2) is 15.8. The fourth-order valence-corrected chi connectivity index (χ4v) is 1.98. The van der Waals surface area contributed by atoms with Gasteiger partial charge in [0.2, 0.25) is 5.91 Å². The molecule has 0 aromatic rings. The second-order valence-corrected chi connectivity index (χ2v) is 6.02. The van der Waals surface area contributed by atoms with E-state index < -0.39 is 0 Å². The summed E-state index contributed by atoms with van der Waals surface area (Å²) in [6.45, 7) is 11.0. The van der Waals surface area contributed by atoms with Crippen LogP contribution in [0.15, 0.2) is 0 Å². The number of hydrogen-bond donors (Lipinski definition) is 2. The van der Waals surface area contributed by atoms with Gasteiger partial charge in [-0.25, -0.2) is 0 Å². The number of ether oxygens (including phenoxy) is 1. The van der Waals surface area contributed by atoms with Crippen molar-refractivity contribution in [1.82, 2.24) is 10.6 Å². The largest absolute Gasteiger partial charge is 0.381 e. The van der Waals surface area contributed by atoms with Gasteiger partial charge in [-0.15, -0.1) is 0 Å². The SMILES string of the molecule is CCNCCCCCCNC(=O)CCCOCCC(C)C. The second-order valence-electron chi connectivity index (χ2n) is 6.02. The molecule has 0 saturated carbocycles. The van der Waals surface area contributed by atoms with E-state index in [0.717, 1.165) is 45.5 Å². The fourth-order valence-electron chi connectivity index (χ4n) is 1.98. The first-order valence-electron chi connectivity index (χ1n) is 8.72. The zero-order chi connectivity index (χ0) is 15.8. The summed E-state index contributed by atoms with van der Waals surface area (Å²) < 4.78 is 5.50. The summed E-state index contributed by atoms with van der Waals surface area (Å²) >= 11 is 0. The van der Waals surface area contributed by atoms with E-state index in [4.69, 9.17) is 4.74 Å². The Kier molecular flexibility index (Phi) is 15.3. The number of hydrogen-bond acceptors (Lipinski definition) is 3. The van der Waals surface area contributed by atoms with Gasteiger partial charge in [-0.05, 0) is 44.7 Å². The van der Waals surface area contributed by atoms with Crippen molar-refractivity contribution < 1.29 is 9.53 Å². The number of nitrogens with one attached hydrogen (secondary N) is 2. The molecule has 0 aromatic carbocycles. The van der Waals surface area contributed by atoms with Gasteiger partial charge < -0.3 is 15.4 Å². The third-order valence-electron chi connectivity index (χ3n) is 3.38. The van der Waals surface area contributed by atoms with Crippen molar-refractivity contribution in [2.24, 2.45) is 5.92 Å². The predicted molar refractivity (Wildman–Crippen MR) is 89.5 cm³/mol. The third kappa shape index (κ3) is 17.3. The first-order valence-corrected chi connectivity index (χ1v) is 8.72. The van der Waals surface area contributed by atoms with Gasteiger partial charge in [-0.1, -0.05) is 33.6 Å². The van der Waals surface area contributed by atoms with Crippen LogP contribution in [-0.4, -0.2) is 38.8 Å². The van der Waals surface area contributed by atoms with E-state index in [2.05, 4.69) is 31.4 Å². The third-order valence-corrected chi connectivity index (χ3v) is 3.38. The molecule has 2 N–H and O–H groups in total. The maximum atomic E-state index is 11.6. The topological polar surface area (TPSA) is 50.4 Å². The Hall–Kier alpha value is -0.610. The van der Waals surface area contributed by atoms with Crippen LogP contribution in [0.5, 0.6) is 0 Å². The van der Waals surface area contributed by atoms with Crippen LogP contribution in [0.2, 0.25) is 0 Å². The van der Waals surface area contributed by atoms with Crippen molar-refractivity contribution in [1.29, 1.82) is 0 Å². The van der Waals surface area contributed by atoms with Gasteiger partial charge in [-0.3, -0.25) is 4.79 Å². The van der Waals surface area contributed by atoms with Crippen LogP contribution in [0.3, 0.4) is 0 Å². The lowest BCUT2D eigenvalue weighted by Crippen LogP contribution is -2.24. The van der Waals surface area contributed by atoms with E-state index >= 15 is 0 Å². The van der Waals surface area contributed by atoms with Crippen LogP contribution < -0.4 is 10.6 Å². The molecular weight excluding hydrogens is 264 g/mol. The van der Waals surface area contributed by atoms with Crippen molar-refractivity contribution >= 4 is 5.91 Å². The molecule has 0 unspecified atom stereocenters. The minimum Gasteiger partial charge on any atom is -0.381 e. The minimum atomic E-state index is 0.162. The number of unbranched alkanes of at least 4 members (excludes halogenated alkanes) is 3. The van der Waals surface area contributed by atoms with E-state index in [9.17, 15) is 4.79 Å². The molecule has 0 bridgehead atoms. The van der Waals surface area contributed by atoms with Crippen molar-refractivity contribution in [3.8, 4) is 0 Å². The summed E-state index contributed by atoms with van der Waals surface area (Å²) in [6.07, 6.45) is 7.27. The predicted octanol–water partition coefficient (Wildman–Crippen LogP) is 3.12. The first-order chi connectivity index (χ1) is 10.2. The van der Waals surface area contributed by atoms with E-state index in [0.29, 0.717) is 18.9 Å². The molecule has 4 heteroatoms. The van der Waals surface area contributed by atoms with Gasteiger partial charge >= 0.3 is 0 Å². The van der Waals surface area contributed by atoms with E-state index in [1.807, 2.05) is 0 Å². The molecule has 0 aliphatic rings. The highest BCUT2D eigenvalue weighted by Crippen LogP contribution is 2.00. The lowest BCUT2D eigenvalue weighted by Gasteiger charge is -2.07. The van der Waals surface area contributed by atoms with Crippen LogP contribution in [0.25, 0.3) is 0 Å². The highest BCUT2D eigenvalue weighted by atomic mass is 16.5. The molecule has 0 aromatic heterocycles. The van der Waals surface area contributed by atoms with Crippen LogP contribution in [0, 0.1) is 5.92 Å². The van der Waals surface area contributed by atoms with Crippen molar-refractivity contribution in [3.05, 3.63) is 0 Å². The normalized spacial score (nSPS) is 11.0. The molecule has 0 rings (SSSR count). The summed E-state index contributed by atoms with van der Waals surface area (Å²) in [5.41, 5.74) is 0. The minimum absolute atomic E-state index is 0.162. The molecule has 0 radical (unpaired) electrons. The zero-order valence-corrected chi connectivity index (χ0v) is 14.4. The molecule has 0 aliphatic heterocycles. The Morgan fingerprint density at radius 3 is 2.38 bits per heavy atom. The number of carbonyl (C=O) groups is 1. The van der Waals surface area contributed by atoms with Gasteiger partial charge in [0, 0.05) is 26.2 Å². The van der Waals surface area contributed by atoms with Gasteiger partial charge in [0.25, 0.3) is 0 Å². The summed E-state index contributed by atoms with van der Waals surface area (Å²) in [5.74, 6) is 0.848. The smallest absolute Gasteiger partial charge is 0.220 e. The van der Waals surface area contributed by atoms with Gasteiger partial charge in [0.15, 0.2) is 0 Å². The summed E-state index contributed by atoms with van der Waals surface area (Å²) in [7, 11) is 0. The Morgan fingerprint density at radius 2 is 1.71 bits per heavy atom. The molecule has 0 atom stereocenters. The van der Waals surface area contributed by atoms with Gasteiger partial charge in [-0.2, -0.15) is 0 Å². The number of rotatable bonds is 15. The molecule has 0 fully saturated rings. The molecule has 21 heavy (non-hydrogen) atoms. The van der Waals surface area contributed by atoms with Gasteiger partial charge in [0.05, 0.1) is 0 Å². The highest BCUT2D eigenvalue weighted by molar-refractivity contribution is 5.75. The average Bonchev–Trinajstić information content (AvgIpc) is 2.45. The fraction of sp³-hybridized carbons (Fsp3) is 0.941. The van der Waals surface area contributed by atoms with E-state index in [-0.39, 0.29) is 5.91 Å². The maximum absolute atomic E-state index is 11.6. The first kappa shape index (κ1) is 20.4. The quantitative estimate of drug-likeness (QED) is 0.457. The highest BCUT2D eigenvalue weighted by Gasteiger charge is 2.01. The van der Waals surface area contributed by atoms with Crippen molar-refractivity contribution in [2.75, 3.05) is 32.8 Å². The molecule has 0 aliphatic carbocycles. The van der Waals surface area contributed by atoms with Crippen molar-refractivity contribution in [2.45, 2.75) is 65.7 Å². The van der Waals surface area contributed by atoms with E-state index in [1.54, 1.807) is 0 Å². The van der Waals surface area contributed by atoms with Crippen LogP contribution in [0.4, 0.5) is 0 Å². The number of carbonyl (C=O) groups excluding carboxylic acids is 1. The van der Waals surface area contributed by atoms with Crippen LogP contribution in [-0.2, 0) is 9.53 Å². The number of amides is 1. The van der Waals surface area contributed by atoms with Crippen LogP contribution >= 0.6 is 0 Å². The van der Waals surface area contributed by atoms with Gasteiger partial charge in [0.1, 0.15) is 0 Å². The van der Waals surface area contributed by atoms with Crippen molar-refractivity contribution in [3.63, 3.8) is 0 Å². The molecule has 4 nitrogen and oxygen atoms in total.